The Kier molecular flexibility index (Phi) is 6.56. The minimum Gasteiger partial charge on any atom is -0.451 e. The van der Waals surface area contributed by atoms with Crippen molar-refractivity contribution in [2.75, 3.05) is 11.9 Å². The van der Waals surface area contributed by atoms with E-state index in [1.165, 1.54) is 30.0 Å². The lowest BCUT2D eigenvalue weighted by Gasteiger charge is -2.11. The van der Waals surface area contributed by atoms with Crippen LogP contribution in [0.25, 0.3) is 10.1 Å². The van der Waals surface area contributed by atoms with Gasteiger partial charge in [0.25, 0.3) is 5.91 Å². The summed E-state index contributed by atoms with van der Waals surface area (Å²) in [6.07, 6.45) is 0. The standard InChI is InChI=1S/C23H15ClFNO3S2/c24-21-16-11-10-14(25)12-19(16)31-22(21)23(28)29-13-20(27)26-17-8-4-5-9-18(17)30-15-6-2-1-3-7-15/h1-12H,13H2,(H,26,27). The van der Waals surface area contributed by atoms with Gasteiger partial charge in [-0.15, -0.1) is 11.3 Å². The van der Waals surface area contributed by atoms with Crippen LogP contribution in [-0.2, 0) is 9.53 Å². The van der Waals surface area contributed by atoms with Crippen molar-refractivity contribution >= 4 is 62.3 Å². The molecule has 8 heteroatoms. The van der Waals surface area contributed by atoms with E-state index in [-0.39, 0.29) is 9.90 Å². The Morgan fingerprint density at radius 1 is 1.03 bits per heavy atom. The van der Waals surface area contributed by atoms with Gasteiger partial charge in [-0.25, -0.2) is 9.18 Å². The molecule has 4 aromatic rings. The highest BCUT2D eigenvalue weighted by Crippen LogP contribution is 2.36. The zero-order valence-corrected chi connectivity index (χ0v) is 18.3. The third-order valence-corrected chi connectivity index (χ3v) is 6.96. The van der Waals surface area contributed by atoms with E-state index in [2.05, 4.69) is 5.32 Å². The quantitative estimate of drug-likeness (QED) is 0.320. The normalized spacial score (nSPS) is 10.8. The van der Waals surface area contributed by atoms with Crippen molar-refractivity contribution in [1.82, 2.24) is 0 Å². The van der Waals surface area contributed by atoms with E-state index >= 15 is 0 Å². The minimum atomic E-state index is -0.728. The average molecular weight is 472 g/mol. The summed E-state index contributed by atoms with van der Waals surface area (Å²) in [6.45, 7) is -0.470. The number of rotatable bonds is 6. The first-order valence-corrected chi connectivity index (χ1v) is 11.2. The zero-order valence-electron chi connectivity index (χ0n) is 15.9. The molecule has 0 aliphatic carbocycles. The van der Waals surface area contributed by atoms with E-state index in [4.69, 9.17) is 16.3 Å². The highest BCUT2D eigenvalue weighted by Gasteiger charge is 2.20. The number of esters is 1. The molecule has 31 heavy (non-hydrogen) atoms. The third-order valence-electron chi connectivity index (χ3n) is 4.24. The van der Waals surface area contributed by atoms with Crippen LogP contribution in [0, 0.1) is 5.82 Å². The molecule has 1 heterocycles. The molecule has 4 nitrogen and oxygen atoms in total. The molecule has 1 amide bonds. The highest BCUT2D eigenvalue weighted by molar-refractivity contribution is 7.99. The average Bonchev–Trinajstić information content (AvgIpc) is 3.10. The van der Waals surface area contributed by atoms with E-state index in [0.717, 1.165) is 21.1 Å². The topological polar surface area (TPSA) is 55.4 Å². The molecule has 3 aromatic carbocycles. The van der Waals surface area contributed by atoms with E-state index < -0.39 is 24.3 Å². The Balaban J connectivity index is 1.41. The molecule has 156 valence electrons. The van der Waals surface area contributed by atoms with Gasteiger partial charge in [0.15, 0.2) is 6.61 Å². The van der Waals surface area contributed by atoms with Crippen molar-refractivity contribution in [3.63, 3.8) is 0 Å². The number of para-hydroxylation sites is 1. The van der Waals surface area contributed by atoms with Gasteiger partial charge in [0.1, 0.15) is 10.7 Å². The number of hydrogen-bond donors (Lipinski definition) is 1. The van der Waals surface area contributed by atoms with Crippen molar-refractivity contribution in [1.29, 1.82) is 0 Å². The second kappa shape index (κ2) is 9.51. The largest absolute Gasteiger partial charge is 0.451 e. The summed E-state index contributed by atoms with van der Waals surface area (Å²) in [6, 6.07) is 21.2. The maximum absolute atomic E-state index is 13.4. The number of halogens is 2. The number of fused-ring (bicyclic) bond motifs is 1. The minimum absolute atomic E-state index is 0.134. The van der Waals surface area contributed by atoms with Crippen LogP contribution in [0.15, 0.2) is 82.6 Å². The van der Waals surface area contributed by atoms with Crippen molar-refractivity contribution in [3.05, 3.63) is 88.5 Å². The molecule has 0 bridgehead atoms. The summed E-state index contributed by atoms with van der Waals surface area (Å²) in [7, 11) is 0. The molecule has 1 aromatic heterocycles. The fraction of sp³-hybridized carbons (Fsp3) is 0.0435. The molecular formula is C23H15ClFNO3S2. The van der Waals surface area contributed by atoms with Gasteiger partial charge in [-0.05, 0) is 42.5 Å². The molecule has 0 radical (unpaired) electrons. The van der Waals surface area contributed by atoms with Crippen molar-refractivity contribution in [3.8, 4) is 0 Å². The Morgan fingerprint density at radius 2 is 1.77 bits per heavy atom. The molecule has 0 aliphatic heterocycles. The molecule has 0 saturated heterocycles. The van der Waals surface area contributed by atoms with Crippen molar-refractivity contribution < 1.29 is 18.7 Å². The van der Waals surface area contributed by atoms with Gasteiger partial charge in [-0.2, -0.15) is 0 Å². The molecule has 0 unspecified atom stereocenters. The summed E-state index contributed by atoms with van der Waals surface area (Å²) in [5.74, 6) is -1.62. The van der Waals surface area contributed by atoms with Crippen LogP contribution in [0.3, 0.4) is 0 Å². The Morgan fingerprint density at radius 3 is 2.58 bits per heavy atom. The predicted octanol–water partition coefficient (Wildman–Crippen LogP) is 6.64. The van der Waals surface area contributed by atoms with E-state index in [1.807, 2.05) is 48.5 Å². The number of benzene rings is 3. The van der Waals surface area contributed by atoms with Gasteiger partial charge in [0.05, 0.1) is 10.7 Å². The monoisotopic (exact) mass is 471 g/mol. The van der Waals surface area contributed by atoms with Crippen LogP contribution >= 0.6 is 34.7 Å². The molecular weight excluding hydrogens is 457 g/mol. The summed E-state index contributed by atoms with van der Waals surface area (Å²) in [4.78, 5) is 26.8. The first-order chi connectivity index (χ1) is 15.0. The van der Waals surface area contributed by atoms with Gasteiger partial charge in [-0.3, -0.25) is 4.79 Å². The summed E-state index contributed by atoms with van der Waals surface area (Å²) < 4.78 is 19.1. The van der Waals surface area contributed by atoms with Crippen LogP contribution in [0.2, 0.25) is 5.02 Å². The number of hydrogen-bond acceptors (Lipinski definition) is 5. The van der Waals surface area contributed by atoms with Crippen LogP contribution in [0.4, 0.5) is 10.1 Å². The molecule has 0 spiro atoms. The lowest BCUT2D eigenvalue weighted by Crippen LogP contribution is -2.21. The molecule has 0 aliphatic rings. The molecule has 0 atom stereocenters. The predicted molar refractivity (Wildman–Crippen MR) is 123 cm³/mol. The fourth-order valence-electron chi connectivity index (χ4n) is 2.83. The van der Waals surface area contributed by atoms with Crippen LogP contribution in [0.1, 0.15) is 9.67 Å². The number of ether oxygens (including phenoxy) is 1. The number of anilines is 1. The molecule has 4 rings (SSSR count). The van der Waals surface area contributed by atoms with Crippen molar-refractivity contribution in [2.45, 2.75) is 9.79 Å². The first kappa shape index (κ1) is 21.4. The van der Waals surface area contributed by atoms with Gasteiger partial charge in [-0.1, -0.05) is 53.7 Å². The number of carbonyl (C=O) groups excluding carboxylic acids is 2. The molecule has 1 N–H and O–H groups in total. The lowest BCUT2D eigenvalue weighted by atomic mass is 10.2. The second-order valence-corrected chi connectivity index (χ2v) is 8.97. The summed E-state index contributed by atoms with van der Waals surface area (Å²) in [5, 5.41) is 3.53. The number of amides is 1. The summed E-state index contributed by atoms with van der Waals surface area (Å²) >= 11 is 8.77. The van der Waals surface area contributed by atoms with Crippen molar-refractivity contribution in [2.24, 2.45) is 0 Å². The Bertz CT molecular complexity index is 1260. The third kappa shape index (κ3) is 5.07. The maximum atomic E-state index is 13.4. The van der Waals surface area contributed by atoms with Crippen LogP contribution < -0.4 is 5.32 Å². The Hall–Kier alpha value is -2.87. The molecule has 0 fully saturated rings. The second-order valence-electron chi connectivity index (χ2n) is 6.42. The zero-order chi connectivity index (χ0) is 21.8. The smallest absolute Gasteiger partial charge is 0.350 e. The van der Waals surface area contributed by atoms with Crippen LogP contribution in [0.5, 0.6) is 0 Å². The van der Waals surface area contributed by atoms with Gasteiger partial charge in [0, 0.05) is 19.9 Å². The number of thiophene rings is 1. The van der Waals surface area contributed by atoms with Gasteiger partial charge in [0.2, 0.25) is 0 Å². The highest BCUT2D eigenvalue weighted by atomic mass is 35.5. The van der Waals surface area contributed by atoms with E-state index in [1.54, 1.807) is 6.07 Å². The SMILES string of the molecule is O=C(COC(=O)c1sc2cc(F)ccc2c1Cl)Nc1ccccc1Sc1ccccc1. The first-order valence-electron chi connectivity index (χ1n) is 9.18. The maximum Gasteiger partial charge on any atom is 0.350 e. The van der Waals surface area contributed by atoms with Crippen LogP contribution in [-0.4, -0.2) is 18.5 Å². The number of carbonyl (C=O) groups is 2. The summed E-state index contributed by atoms with van der Waals surface area (Å²) in [5.41, 5.74) is 0.618. The number of nitrogens with one attached hydrogen (secondary N) is 1. The van der Waals surface area contributed by atoms with E-state index in [9.17, 15) is 14.0 Å². The molecule has 0 saturated carbocycles. The fourth-order valence-corrected chi connectivity index (χ4v) is 5.18. The Labute approximate surface area is 191 Å². The van der Waals surface area contributed by atoms with E-state index in [0.29, 0.717) is 15.8 Å². The van der Waals surface area contributed by atoms with Gasteiger partial charge >= 0.3 is 5.97 Å². The van der Waals surface area contributed by atoms with Gasteiger partial charge < -0.3 is 10.1 Å². The lowest BCUT2D eigenvalue weighted by molar-refractivity contribution is -0.119.